The average molecular weight is 421 g/mol. The van der Waals surface area contributed by atoms with Crippen LogP contribution in [-0.4, -0.2) is 174 Å². The standard InChI is InChI=1S/Al.Ba.Ca.Na.H2O3Si.H2O.Sr.10H/c;;;;1-4(2)3;;;;;;;;;;;;/h;;;;1-2H;1H2;;;;;;;;;;;/q;2*+2;+1;;;+2;;;;7*-1. The molecule has 0 bridgehead atoms. The van der Waals surface area contributed by atoms with Crippen LogP contribution in [0.15, 0.2) is 0 Å². The molecule has 0 amide bonds. The summed E-state index contributed by atoms with van der Waals surface area (Å²) in [7, 11) is -3.13. The van der Waals surface area contributed by atoms with Crippen LogP contribution in [0, 0.1) is 0 Å². The summed E-state index contributed by atoms with van der Waals surface area (Å²) in [5.74, 6) is 0. The van der Waals surface area contributed by atoms with E-state index in [0.717, 1.165) is 0 Å². The molecule has 4 nitrogen and oxygen atoms in total. The Morgan fingerprint density at radius 2 is 1.30 bits per heavy atom. The Morgan fingerprint density at radius 1 is 1.30 bits per heavy atom. The molecule has 0 heterocycles. The predicted molar refractivity (Wildman–Crippen MR) is 49.5 cm³/mol. The Bertz CT molecular complexity index is 64.9. The normalized spacial score (nSPS) is 2.40. The van der Waals surface area contributed by atoms with Gasteiger partial charge in [0.1, 0.15) is 0 Å². The summed E-state index contributed by atoms with van der Waals surface area (Å²) in [5, 5.41) is 0. The summed E-state index contributed by atoms with van der Waals surface area (Å²) in [6, 6.07) is 0. The third-order valence-electron chi connectivity index (χ3n) is 0. The number of hydrogen-bond acceptors (Lipinski definition) is 1. The molecule has 0 atom stereocenters. The second kappa shape index (κ2) is 36.6. The van der Waals surface area contributed by atoms with Crippen molar-refractivity contribution in [3.63, 3.8) is 0 Å². The van der Waals surface area contributed by atoms with Gasteiger partial charge in [0.05, 0.1) is 0 Å². The Kier molecular flexibility index (Phi) is 166. The van der Waals surface area contributed by atoms with E-state index >= 15 is 0 Å². The molecule has 0 unspecified atom stereocenters. The smallest absolute Gasteiger partial charge is 1.00 e. The first-order chi connectivity index (χ1) is 1.73. The van der Waals surface area contributed by atoms with Gasteiger partial charge in [-0.15, -0.1) is 0 Å². The fourth-order valence-corrected chi connectivity index (χ4v) is 0. The van der Waals surface area contributed by atoms with Crippen molar-refractivity contribution in [2.75, 3.05) is 0 Å². The van der Waals surface area contributed by atoms with Gasteiger partial charge in [0.2, 0.25) is 0 Å². The molecule has 0 saturated carbocycles. The van der Waals surface area contributed by atoms with E-state index in [0.29, 0.717) is 0 Å². The molecule has 0 aliphatic heterocycles. The van der Waals surface area contributed by atoms with Gasteiger partial charge in [0.25, 0.3) is 0 Å². The van der Waals surface area contributed by atoms with Gasteiger partial charge < -0.3 is 25.1 Å². The minimum Gasteiger partial charge on any atom is -1.00 e. The van der Waals surface area contributed by atoms with E-state index in [9.17, 15) is 0 Å². The summed E-state index contributed by atoms with van der Waals surface area (Å²) in [4.78, 5) is 14.3. The van der Waals surface area contributed by atoms with Gasteiger partial charge >= 0.3 is 171 Å². The zero-order valence-corrected chi connectivity index (χ0v) is 18.5. The topological polar surface area (TPSA) is 89.0 Å². The minimum atomic E-state index is -3.13. The van der Waals surface area contributed by atoms with Crippen LogP contribution in [0.2, 0.25) is 0 Å². The number of rotatable bonds is 0. The molecule has 4 N–H and O–H groups in total. The molecule has 0 radical (unpaired) electrons. The van der Waals surface area contributed by atoms with Gasteiger partial charge in [-0.3, -0.25) is 4.46 Å². The van der Waals surface area contributed by atoms with E-state index < -0.39 is 9.17 Å². The van der Waals surface area contributed by atoms with E-state index in [-0.39, 0.29) is 194 Å². The van der Waals surface area contributed by atoms with Crippen molar-refractivity contribution in [3.8, 4) is 0 Å². The van der Waals surface area contributed by atoms with Crippen molar-refractivity contribution < 1.29 is 59.1 Å². The zero-order valence-electron chi connectivity index (χ0n) is 12.4. The predicted octanol–water partition coefficient (Wildman–Crippen LogP) is -6.97. The molecule has 0 fully saturated rings. The van der Waals surface area contributed by atoms with Crippen LogP contribution in [0.25, 0.3) is 0 Å². The van der Waals surface area contributed by atoms with Crippen LogP contribution in [0.3, 0.4) is 0 Å². The second-order valence-electron chi connectivity index (χ2n) is 0.283. The van der Waals surface area contributed by atoms with Crippen LogP contribution in [-0.2, 0) is 4.46 Å². The molecular weight excluding hydrogens is 407 g/mol. The Labute approximate surface area is 212 Å². The van der Waals surface area contributed by atoms with Crippen LogP contribution in [0.5, 0.6) is 0 Å². The van der Waals surface area contributed by atoms with Gasteiger partial charge in [-0.05, 0) is 0 Å². The fourth-order valence-electron chi connectivity index (χ4n) is 0. The van der Waals surface area contributed by atoms with Crippen LogP contribution in [0.4, 0.5) is 0 Å². The monoisotopic (exact) mass is 422 g/mol. The maximum absolute atomic E-state index is 8.74. The van der Waals surface area contributed by atoms with Crippen LogP contribution >= 0.6 is 0 Å². The number of hydrogen-bond donors (Lipinski definition) is 2. The van der Waals surface area contributed by atoms with E-state index in [4.69, 9.17) is 14.1 Å². The van der Waals surface area contributed by atoms with Crippen molar-refractivity contribution in [2.24, 2.45) is 0 Å². The van der Waals surface area contributed by atoms with Gasteiger partial charge in [-0.25, -0.2) is 0 Å². The third-order valence-corrected chi connectivity index (χ3v) is 0. The molecule has 0 aromatic carbocycles. The molecule has 0 spiro atoms. The average Bonchev–Trinajstić information content (AvgIpc) is 0.811. The molecule has 0 aliphatic rings. The Morgan fingerprint density at radius 3 is 1.30 bits per heavy atom. The van der Waals surface area contributed by atoms with Crippen molar-refractivity contribution in [3.05, 3.63) is 0 Å². The second-order valence-corrected chi connectivity index (χ2v) is 0.848. The van der Waals surface area contributed by atoms with Gasteiger partial charge in [-0.1, -0.05) is 0 Å². The van der Waals surface area contributed by atoms with Crippen molar-refractivity contribution >= 4 is 159 Å². The Balaban J connectivity index is -0.000000000577. The van der Waals surface area contributed by atoms with E-state index in [1.54, 1.807) is 0 Å². The van der Waals surface area contributed by atoms with E-state index in [2.05, 4.69) is 0 Å². The van der Waals surface area contributed by atoms with E-state index in [1.807, 2.05) is 0 Å². The quantitative estimate of drug-likeness (QED) is 0.381. The van der Waals surface area contributed by atoms with Crippen molar-refractivity contribution in [1.29, 1.82) is 0 Å². The Hall–Kier alpha value is 5.42. The van der Waals surface area contributed by atoms with Gasteiger partial charge in [0, 0.05) is 0 Å². The molecule has 0 rings (SSSR count). The van der Waals surface area contributed by atoms with E-state index in [1.165, 1.54) is 0 Å². The fraction of sp³-hybridized carbons (Fsp3) is 0. The molecular formula is H14AlBaCaNaO4SiSr. The SMILES string of the molecule is O.O=[Si](O)O.[AlH3].[Ba+2].[Ca+2].[H-].[H-].[H-].[H-].[H-].[H-].[H-].[Na+].[Sr+2]. The molecule has 0 aliphatic carbocycles. The molecule has 10 heteroatoms. The first kappa shape index (κ1) is 45.2. The van der Waals surface area contributed by atoms with Crippen molar-refractivity contribution in [1.82, 2.24) is 0 Å². The minimum absolute atomic E-state index is 0. The summed E-state index contributed by atoms with van der Waals surface area (Å²) in [6.07, 6.45) is 0. The summed E-state index contributed by atoms with van der Waals surface area (Å²) >= 11 is 0. The molecule has 52 valence electrons. The molecule has 0 saturated heterocycles. The molecule has 0 aromatic rings. The van der Waals surface area contributed by atoms with Gasteiger partial charge in [0.15, 0.2) is 17.4 Å². The molecule has 10 heavy (non-hydrogen) atoms. The largest absolute Gasteiger partial charge is 2.00 e. The first-order valence-corrected chi connectivity index (χ1v) is 1.95. The maximum atomic E-state index is 8.74. The van der Waals surface area contributed by atoms with Crippen molar-refractivity contribution in [2.45, 2.75) is 0 Å². The summed E-state index contributed by atoms with van der Waals surface area (Å²) in [5.41, 5.74) is 0. The summed E-state index contributed by atoms with van der Waals surface area (Å²) in [6.45, 7) is 0. The maximum Gasteiger partial charge on any atom is 2.00 e. The van der Waals surface area contributed by atoms with Crippen LogP contribution < -0.4 is 29.6 Å². The third kappa shape index (κ3) is 70.5. The summed E-state index contributed by atoms with van der Waals surface area (Å²) < 4.78 is 8.74. The van der Waals surface area contributed by atoms with Gasteiger partial charge in [-0.2, -0.15) is 0 Å². The molecule has 0 aromatic heterocycles. The zero-order chi connectivity index (χ0) is 3.58. The van der Waals surface area contributed by atoms with Crippen LogP contribution in [0.1, 0.15) is 9.99 Å². The first-order valence-electron chi connectivity index (χ1n) is 0.651.